The summed E-state index contributed by atoms with van der Waals surface area (Å²) in [7, 11) is 0. The molecule has 0 unspecified atom stereocenters. The van der Waals surface area contributed by atoms with Crippen LogP contribution in [-0.4, -0.2) is 30.3 Å². The highest BCUT2D eigenvalue weighted by Crippen LogP contribution is 2.32. The summed E-state index contributed by atoms with van der Waals surface area (Å²) in [6, 6.07) is 13.0. The standard InChI is InChI=1S/C23H23N3O5/c1-14-3-5-17(9-15(14)2)20-11-18(26-31-20)23(28)24-8-7-22(27)25-12-16-4-6-19-21(10-16)30-13-29-19/h3-6,9-11H,7-8,12-13H2,1-2H3,(H,24,28)(H,25,27). The van der Waals surface area contributed by atoms with Gasteiger partial charge in [-0.1, -0.05) is 23.4 Å². The third-order valence-corrected chi connectivity index (χ3v) is 5.10. The van der Waals surface area contributed by atoms with E-state index in [1.807, 2.05) is 50.2 Å². The zero-order valence-corrected chi connectivity index (χ0v) is 17.4. The van der Waals surface area contributed by atoms with Gasteiger partial charge in [0.15, 0.2) is 23.0 Å². The Labute approximate surface area is 179 Å². The molecule has 2 N–H and O–H groups in total. The highest BCUT2D eigenvalue weighted by Gasteiger charge is 2.15. The lowest BCUT2D eigenvalue weighted by atomic mass is 10.0. The van der Waals surface area contributed by atoms with Crippen LogP contribution in [0.3, 0.4) is 0 Å². The van der Waals surface area contributed by atoms with Gasteiger partial charge in [-0.3, -0.25) is 9.59 Å². The van der Waals surface area contributed by atoms with Gasteiger partial charge in [0.1, 0.15) is 0 Å². The monoisotopic (exact) mass is 421 g/mol. The average molecular weight is 421 g/mol. The Morgan fingerprint density at radius 3 is 2.65 bits per heavy atom. The minimum atomic E-state index is -0.387. The summed E-state index contributed by atoms with van der Waals surface area (Å²) in [6.45, 7) is 4.82. The smallest absolute Gasteiger partial charge is 0.273 e. The summed E-state index contributed by atoms with van der Waals surface area (Å²) in [5, 5.41) is 9.34. The zero-order valence-electron chi connectivity index (χ0n) is 17.4. The molecular weight excluding hydrogens is 398 g/mol. The lowest BCUT2D eigenvalue weighted by Crippen LogP contribution is -2.30. The van der Waals surface area contributed by atoms with Crippen LogP contribution in [0, 0.1) is 13.8 Å². The molecule has 8 nitrogen and oxygen atoms in total. The van der Waals surface area contributed by atoms with Crippen molar-refractivity contribution in [1.82, 2.24) is 15.8 Å². The number of aromatic nitrogens is 1. The molecular formula is C23H23N3O5. The van der Waals surface area contributed by atoms with E-state index in [0.29, 0.717) is 23.8 Å². The summed E-state index contributed by atoms with van der Waals surface area (Å²) >= 11 is 0. The van der Waals surface area contributed by atoms with Gasteiger partial charge in [0.05, 0.1) is 0 Å². The number of ether oxygens (including phenoxy) is 2. The first-order chi connectivity index (χ1) is 15.0. The Kier molecular flexibility index (Phi) is 5.88. The summed E-state index contributed by atoms with van der Waals surface area (Å²) in [4.78, 5) is 24.4. The number of nitrogens with zero attached hydrogens (tertiary/aromatic N) is 1. The van der Waals surface area contributed by atoms with Crippen molar-refractivity contribution in [3.8, 4) is 22.8 Å². The number of aryl methyl sites for hydroxylation is 2. The lowest BCUT2D eigenvalue weighted by Gasteiger charge is -2.07. The highest BCUT2D eigenvalue weighted by molar-refractivity contribution is 5.93. The number of hydrogen-bond donors (Lipinski definition) is 2. The summed E-state index contributed by atoms with van der Waals surface area (Å²) < 4.78 is 15.9. The Morgan fingerprint density at radius 2 is 1.81 bits per heavy atom. The number of carbonyl (C=O) groups is 2. The minimum absolute atomic E-state index is 0.151. The first kappa shape index (κ1) is 20.5. The van der Waals surface area contributed by atoms with Gasteiger partial charge in [-0.05, 0) is 48.7 Å². The largest absolute Gasteiger partial charge is 0.454 e. The first-order valence-electron chi connectivity index (χ1n) is 9.97. The maximum absolute atomic E-state index is 12.3. The number of rotatable bonds is 7. The second kappa shape index (κ2) is 8.91. The number of fused-ring (bicyclic) bond motifs is 1. The van der Waals surface area contributed by atoms with Crippen molar-refractivity contribution in [2.24, 2.45) is 0 Å². The van der Waals surface area contributed by atoms with E-state index >= 15 is 0 Å². The second-order valence-electron chi connectivity index (χ2n) is 7.35. The van der Waals surface area contributed by atoms with E-state index < -0.39 is 0 Å². The van der Waals surface area contributed by atoms with Gasteiger partial charge in [0.2, 0.25) is 12.7 Å². The predicted molar refractivity (Wildman–Crippen MR) is 113 cm³/mol. The van der Waals surface area contributed by atoms with Crippen molar-refractivity contribution >= 4 is 11.8 Å². The summed E-state index contributed by atoms with van der Waals surface area (Å²) in [6.07, 6.45) is 0.151. The van der Waals surface area contributed by atoms with Crippen LogP contribution >= 0.6 is 0 Å². The third-order valence-electron chi connectivity index (χ3n) is 5.10. The van der Waals surface area contributed by atoms with Gasteiger partial charge >= 0.3 is 0 Å². The van der Waals surface area contributed by atoms with Crippen LogP contribution in [0.25, 0.3) is 11.3 Å². The molecule has 0 saturated heterocycles. The van der Waals surface area contributed by atoms with Crippen molar-refractivity contribution in [1.29, 1.82) is 0 Å². The maximum Gasteiger partial charge on any atom is 0.273 e. The van der Waals surface area contributed by atoms with Gasteiger partial charge in [0.25, 0.3) is 5.91 Å². The van der Waals surface area contributed by atoms with E-state index in [1.165, 1.54) is 5.56 Å². The van der Waals surface area contributed by atoms with Crippen LogP contribution < -0.4 is 20.1 Å². The number of carbonyl (C=O) groups excluding carboxylic acids is 2. The molecule has 0 fully saturated rings. The quantitative estimate of drug-likeness (QED) is 0.608. The fraction of sp³-hybridized carbons (Fsp3) is 0.261. The third kappa shape index (κ3) is 4.85. The van der Waals surface area contributed by atoms with Crippen molar-refractivity contribution in [2.45, 2.75) is 26.8 Å². The van der Waals surface area contributed by atoms with Gasteiger partial charge < -0.3 is 24.6 Å². The molecule has 2 heterocycles. The molecule has 8 heteroatoms. The number of hydrogen-bond acceptors (Lipinski definition) is 6. The van der Waals surface area contributed by atoms with Gasteiger partial charge in [-0.2, -0.15) is 0 Å². The molecule has 0 bridgehead atoms. The maximum atomic E-state index is 12.3. The molecule has 3 aromatic rings. The van der Waals surface area contributed by atoms with E-state index in [1.54, 1.807) is 6.07 Å². The Balaban J connectivity index is 1.23. The molecule has 31 heavy (non-hydrogen) atoms. The van der Waals surface area contributed by atoms with E-state index in [2.05, 4.69) is 15.8 Å². The van der Waals surface area contributed by atoms with Crippen molar-refractivity contribution in [3.05, 3.63) is 64.8 Å². The van der Waals surface area contributed by atoms with E-state index in [0.717, 1.165) is 16.7 Å². The van der Waals surface area contributed by atoms with E-state index in [9.17, 15) is 9.59 Å². The van der Waals surface area contributed by atoms with Crippen LogP contribution in [-0.2, 0) is 11.3 Å². The molecule has 2 amide bonds. The molecule has 160 valence electrons. The number of benzene rings is 2. The molecule has 0 spiro atoms. The Bertz CT molecular complexity index is 1120. The Morgan fingerprint density at radius 1 is 0.968 bits per heavy atom. The second-order valence-corrected chi connectivity index (χ2v) is 7.35. The average Bonchev–Trinajstić information content (AvgIpc) is 3.43. The molecule has 1 aliphatic rings. The highest BCUT2D eigenvalue weighted by atomic mass is 16.7. The van der Waals surface area contributed by atoms with Crippen LogP contribution in [0.15, 0.2) is 47.0 Å². The molecule has 0 atom stereocenters. The zero-order chi connectivity index (χ0) is 21.8. The van der Waals surface area contributed by atoms with Crippen LogP contribution in [0.4, 0.5) is 0 Å². The van der Waals surface area contributed by atoms with Gasteiger partial charge in [-0.15, -0.1) is 0 Å². The lowest BCUT2D eigenvalue weighted by molar-refractivity contribution is -0.121. The number of amides is 2. The van der Waals surface area contributed by atoms with Crippen LogP contribution in [0.1, 0.15) is 33.6 Å². The Hall–Kier alpha value is -3.81. The van der Waals surface area contributed by atoms with Crippen molar-refractivity contribution < 1.29 is 23.6 Å². The fourth-order valence-electron chi connectivity index (χ4n) is 3.13. The van der Waals surface area contributed by atoms with Gasteiger partial charge in [-0.25, -0.2) is 0 Å². The topological polar surface area (TPSA) is 103 Å². The molecule has 0 aliphatic carbocycles. The SMILES string of the molecule is Cc1ccc(-c2cc(C(=O)NCCC(=O)NCc3ccc4c(c3)OCO4)no2)cc1C. The normalized spacial score (nSPS) is 11.9. The van der Waals surface area contributed by atoms with E-state index in [4.69, 9.17) is 14.0 Å². The van der Waals surface area contributed by atoms with Crippen molar-refractivity contribution in [2.75, 3.05) is 13.3 Å². The molecule has 1 aromatic heterocycles. The predicted octanol–water partition coefficient (Wildman–Crippen LogP) is 3.12. The van der Waals surface area contributed by atoms with E-state index in [-0.39, 0.29) is 37.3 Å². The van der Waals surface area contributed by atoms with Crippen molar-refractivity contribution in [3.63, 3.8) is 0 Å². The van der Waals surface area contributed by atoms with Crippen LogP contribution in [0.5, 0.6) is 11.5 Å². The summed E-state index contributed by atoms with van der Waals surface area (Å²) in [5.74, 6) is 1.34. The van der Waals surface area contributed by atoms with Crippen LogP contribution in [0.2, 0.25) is 0 Å². The molecule has 0 radical (unpaired) electrons. The first-order valence-corrected chi connectivity index (χ1v) is 9.97. The molecule has 2 aromatic carbocycles. The van der Waals surface area contributed by atoms with Gasteiger partial charge in [0, 0.05) is 31.1 Å². The number of nitrogens with one attached hydrogen (secondary N) is 2. The molecule has 1 aliphatic heterocycles. The molecule has 0 saturated carbocycles. The minimum Gasteiger partial charge on any atom is -0.454 e. The fourth-order valence-corrected chi connectivity index (χ4v) is 3.13. The summed E-state index contributed by atoms with van der Waals surface area (Å²) in [5.41, 5.74) is 4.25. The molecule has 4 rings (SSSR count).